The van der Waals surface area contributed by atoms with Crippen molar-refractivity contribution in [3.63, 3.8) is 0 Å². The molecule has 0 aliphatic carbocycles. The van der Waals surface area contributed by atoms with E-state index in [9.17, 15) is 9.18 Å². The molecule has 1 atom stereocenters. The van der Waals surface area contributed by atoms with Gasteiger partial charge < -0.3 is 5.21 Å². The zero-order valence-electron chi connectivity index (χ0n) is 10.4. The Morgan fingerprint density at radius 2 is 2.00 bits per heavy atom. The van der Waals surface area contributed by atoms with Crippen LogP contribution in [0, 0.1) is 10.1 Å². The van der Waals surface area contributed by atoms with Crippen molar-refractivity contribution in [1.82, 2.24) is 14.8 Å². The normalized spacial score (nSPS) is 12.7. The Morgan fingerprint density at radius 3 is 2.45 bits per heavy atom. The highest BCUT2D eigenvalue weighted by Gasteiger charge is 2.36. The van der Waals surface area contributed by atoms with Gasteiger partial charge in [-0.05, 0) is 6.92 Å². The summed E-state index contributed by atoms with van der Waals surface area (Å²) in [5.74, 6) is -2.85. The lowest BCUT2D eigenvalue weighted by atomic mass is 10.0. The molecule has 8 nitrogen and oxygen atoms in total. The minimum absolute atomic E-state index is 0.308. The Hall–Kier alpha value is -2.84. The van der Waals surface area contributed by atoms with E-state index in [2.05, 4.69) is 10.1 Å². The van der Waals surface area contributed by atoms with Gasteiger partial charge in [0.05, 0.1) is 0 Å². The molecule has 1 aromatic carbocycles. The Morgan fingerprint density at radius 1 is 1.45 bits per heavy atom. The molecular formula is C11H11FN4O4. The number of Topliss-reactive ketones (excluding diaryl/α,β-unsaturated/α-hetero) is 1. The third kappa shape index (κ3) is 3.83. The van der Waals surface area contributed by atoms with Crippen molar-refractivity contribution in [3.8, 4) is 0 Å². The predicted octanol–water partition coefficient (Wildman–Crippen LogP) is 1.46. The summed E-state index contributed by atoms with van der Waals surface area (Å²) in [5, 5.41) is 17.3. The molecule has 1 aromatic heterocycles. The van der Waals surface area contributed by atoms with Gasteiger partial charge in [0.15, 0.2) is 0 Å². The maximum Gasteiger partial charge on any atom is 0.291 e. The SMILES string of the molecule is CC(F)(C(=O)c1ccccc1)n1cncn1.O=[N+]([O-])O. The molecule has 1 unspecified atom stereocenters. The van der Waals surface area contributed by atoms with Crippen LogP contribution in [0.5, 0.6) is 0 Å². The van der Waals surface area contributed by atoms with Gasteiger partial charge in [-0.2, -0.15) is 5.10 Å². The summed E-state index contributed by atoms with van der Waals surface area (Å²) in [6.45, 7) is 1.16. The second-order valence-electron chi connectivity index (χ2n) is 3.73. The number of aromatic nitrogens is 3. The molecule has 1 heterocycles. The van der Waals surface area contributed by atoms with Crippen LogP contribution in [-0.4, -0.2) is 30.8 Å². The number of carbonyl (C=O) groups excluding carboxylic acids is 1. The van der Waals surface area contributed by atoms with Crippen molar-refractivity contribution in [2.75, 3.05) is 0 Å². The van der Waals surface area contributed by atoms with Gasteiger partial charge in [-0.25, -0.2) is 14.1 Å². The summed E-state index contributed by atoms with van der Waals surface area (Å²) < 4.78 is 15.2. The van der Waals surface area contributed by atoms with E-state index in [1.807, 2.05) is 0 Å². The smallest absolute Gasteiger partial charge is 0.291 e. The van der Waals surface area contributed by atoms with E-state index in [0.717, 1.165) is 11.6 Å². The van der Waals surface area contributed by atoms with E-state index < -0.39 is 16.7 Å². The zero-order valence-corrected chi connectivity index (χ0v) is 10.4. The number of hydrogen-bond donors (Lipinski definition) is 1. The van der Waals surface area contributed by atoms with Crippen molar-refractivity contribution >= 4 is 5.78 Å². The largest absolute Gasteiger partial charge is 0.328 e. The first-order valence-electron chi connectivity index (χ1n) is 5.33. The summed E-state index contributed by atoms with van der Waals surface area (Å²) in [5.41, 5.74) is 0.308. The van der Waals surface area contributed by atoms with Gasteiger partial charge in [-0.15, -0.1) is 10.1 Å². The van der Waals surface area contributed by atoms with Crippen LogP contribution in [0.4, 0.5) is 4.39 Å². The van der Waals surface area contributed by atoms with E-state index >= 15 is 0 Å². The molecule has 0 spiro atoms. The van der Waals surface area contributed by atoms with Gasteiger partial charge in [-0.1, -0.05) is 30.3 Å². The van der Waals surface area contributed by atoms with Gasteiger partial charge in [0.25, 0.3) is 10.9 Å². The molecule has 0 saturated heterocycles. The van der Waals surface area contributed by atoms with Crippen LogP contribution in [0.25, 0.3) is 0 Å². The topological polar surface area (TPSA) is 111 Å². The second kappa shape index (κ2) is 6.36. The zero-order chi connectivity index (χ0) is 15.2. The molecule has 0 saturated carbocycles. The molecular weight excluding hydrogens is 271 g/mol. The molecule has 2 rings (SSSR count). The molecule has 9 heteroatoms. The van der Waals surface area contributed by atoms with Crippen molar-refractivity contribution in [1.29, 1.82) is 0 Å². The van der Waals surface area contributed by atoms with Gasteiger partial charge in [0.1, 0.15) is 12.7 Å². The first-order chi connectivity index (χ1) is 9.35. The van der Waals surface area contributed by atoms with Gasteiger partial charge in [-0.3, -0.25) is 4.79 Å². The fraction of sp³-hybridized carbons (Fsp3) is 0.182. The molecule has 20 heavy (non-hydrogen) atoms. The molecule has 106 valence electrons. The van der Waals surface area contributed by atoms with Gasteiger partial charge >= 0.3 is 0 Å². The fourth-order valence-corrected chi connectivity index (χ4v) is 1.38. The Balaban J connectivity index is 0.000000444. The molecule has 0 amide bonds. The van der Waals surface area contributed by atoms with Crippen LogP contribution in [-0.2, 0) is 5.79 Å². The monoisotopic (exact) mass is 282 g/mol. The van der Waals surface area contributed by atoms with E-state index in [4.69, 9.17) is 15.3 Å². The van der Waals surface area contributed by atoms with Crippen LogP contribution in [0.15, 0.2) is 43.0 Å². The molecule has 0 radical (unpaired) electrons. The van der Waals surface area contributed by atoms with Crippen LogP contribution < -0.4 is 0 Å². The summed E-state index contributed by atoms with van der Waals surface area (Å²) >= 11 is 0. The van der Waals surface area contributed by atoms with Crippen molar-refractivity contribution in [3.05, 3.63) is 58.7 Å². The quantitative estimate of drug-likeness (QED) is 0.518. The van der Waals surface area contributed by atoms with E-state index in [1.54, 1.807) is 30.3 Å². The maximum absolute atomic E-state index is 14.2. The number of alkyl halides is 1. The molecule has 0 aliphatic rings. The summed E-state index contributed by atoms with van der Waals surface area (Å²) in [6, 6.07) is 8.27. The standard InChI is InChI=1S/C11H10FN3O.HNO3/c1-11(12,15-8-13-7-14-15)10(16)9-5-3-2-4-6-9;2-1(3)4/h2-8H,1H3;(H,2,3,4). The first kappa shape index (κ1) is 15.2. The average Bonchev–Trinajstić information content (AvgIpc) is 2.93. The lowest BCUT2D eigenvalue weighted by molar-refractivity contribution is -0.742. The molecule has 2 aromatic rings. The molecule has 0 fully saturated rings. The van der Waals surface area contributed by atoms with Crippen LogP contribution in [0.3, 0.4) is 0 Å². The minimum atomic E-state index is -2.21. The summed E-state index contributed by atoms with van der Waals surface area (Å²) in [7, 11) is 0. The van der Waals surface area contributed by atoms with Crippen molar-refractivity contribution in [2.45, 2.75) is 12.7 Å². The minimum Gasteiger partial charge on any atom is -0.328 e. The number of halogens is 1. The van der Waals surface area contributed by atoms with Crippen LogP contribution in [0.2, 0.25) is 0 Å². The highest BCUT2D eigenvalue weighted by atomic mass is 19.1. The molecule has 0 aliphatic heterocycles. The van der Waals surface area contributed by atoms with E-state index in [-0.39, 0.29) is 0 Å². The number of carbonyl (C=O) groups is 1. The van der Waals surface area contributed by atoms with Crippen molar-refractivity contribution in [2.24, 2.45) is 0 Å². The average molecular weight is 282 g/mol. The van der Waals surface area contributed by atoms with Gasteiger partial charge in [0.2, 0.25) is 5.78 Å². The third-order valence-corrected chi connectivity index (χ3v) is 2.30. The summed E-state index contributed by atoms with van der Waals surface area (Å²) in [6.07, 6.45) is 2.37. The predicted molar refractivity (Wildman–Crippen MR) is 64.3 cm³/mol. The number of hydrogen-bond acceptors (Lipinski definition) is 5. The lowest BCUT2D eigenvalue weighted by Gasteiger charge is -2.18. The number of nitrogens with zero attached hydrogens (tertiary/aromatic N) is 4. The maximum atomic E-state index is 14.2. The third-order valence-electron chi connectivity index (χ3n) is 2.30. The first-order valence-corrected chi connectivity index (χ1v) is 5.33. The van der Waals surface area contributed by atoms with Gasteiger partial charge in [0, 0.05) is 5.56 Å². The van der Waals surface area contributed by atoms with E-state index in [1.165, 1.54) is 12.7 Å². The van der Waals surface area contributed by atoms with E-state index in [0.29, 0.717) is 5.56 Å². The summed E-state index contributed by atoms with van der Waals surface area (Å²) in [4.78, 5) is 23.9. The Labute approximate surface area is 112 Å². The molecule has 0 bridgehead atoms. The lowest BCUT2D eigenvalue weighted by Crippen LogP contribution is -2.34. The molecule has 1 N–H and O–H groups in total. The number of rotatable bonds is 3. The highest BCUT2D eigenvalue weighted by molar-refractivity contribution is 6.00. The second-order valence-corrected chi connectivity index (χ2v) is 3.73. The number of benzene rings is 1. The Bertz CT molecular complexity index is 567. The number of ketones is 1. The van der Waals surface area contributed by atoms with Crippen LogP contribution >= 0.6 is 0 Å². The Kier molecular flexibility index (Phi) is 4.84. The highest BCUT2D eigenvalue weighted by Crippen LogP contribution is 2.21. The van der Waals surface area contributed by atoms with Crippen LogP contribution in [0.1, 0.15) is 17.3 Å². The fourth-order valence-electron chi connectivity index (χ4n) is 1.38. The van der Waals surface area contributed by atoms with Crippen molar-refractivity contribution < 1.29 is 19.5 Å².